The van der Waals surface area contributed by atoms with Crippen LogP contribution < -0.4 is 10.6 Å². The van der Waals surface area contributed by atoms with Crippen LogP contribution in [0.2, 0.25) is 10.0 Å². The number of aliphatic hydroxyl groups excluding tert-OH is 1. The minimum Gasteiger partial charge on any atom is -0.481 e. The molecule has 11 nitrogen and oxygen atoms in total. The number of nitrogens with one attached hydrogen (secondary N) is 2. The second kappa shape index (κ2) is 9.81. The molecule has 0 aliphatic heterocycles. The van der Waals surface area contributed by atoms with Gasteiger partial charge in [0, 0.05) is 11.8 Å². The van der Waals surface area contributed by atoms with Gasteiger partial charge in [-0.05, 0) is 38.5 Å². The first-order chi connectivity index (χ1) is 16.2. The van der Waals surface area contributed by atoms with Gasteiger partial charge in [0.15, 0.2) is 5.54 Å². The molecule has 192 valence electrons. The Morgan fingerprint density at radius 2 is 1.77 bits per heavy atom. The van der Waals surface area contributed by atoms with Gasteiger partial charge in [-0.2, -0.15) is 0 Å². The van der Waals surface area contributed by atoms with Crippen molar-refractivity contribution in [1.29, 1.82) is 0 Å². The number of fused-ring (bicyclic) bond motifs is 1. The Hall–Kier alpha value is -2.60. The molecule has 13 heteroatoms. The fourth-order valence-electron chi connectivity index (χ4n) is 4.76. The molecule has 0 unspecified atom stereocenters. The van der Waals surface area contributed by atoms with E-state index < -0.39 is 71.6 Å². The number of carboxylic acid groups (broad SMARTS) is 2. The number of halogens is 2. The number of benzene rings is 1. The predicted molar refractivity (Wildman–Crippen MR) is 122 cm³/mol. The normalized spacial score (nSPS) is 29.1. The summed E-state index contributed by atoms with van der Waals surface area (Å²) < 4.78 is 11.2. The molecular weight excluding hydrogens is 507 g/mol. The Labute approximate surface area is 210 Å². The molecule has 0 bridgehead atoms. The molecule has 0 spiro atoms. The quantitative estimate of drug-likeness (QED) is 0.333. The van der Waals surface area contributed by atoms with E-state index in [2.05, 4.69) is 10.6 Å². The summed E-state index contributed by atoms with van der Waals surface area (Å²) in [5.74, 6) is -6.88. The molecule has 2 aliphatic carbocycles. The standard InChI is InChI=1S/C22H26Cl2N2O9/c1-21(2,3)35-20(33)26-22(19(31)32)15-13(14(15)18(29)30)16(25-12(28)7-27)17(22)34-8-9-4-5-10(23)11(24)6-9/h4-6,13-17,27H,7-8H2,1-3H3,(H,25,28)(H,26,33)(H,29,30)(H,31,32)/t13-,14-,15-,16-,17+,22+/m0/s1. The van der Waals surface area contributed by atoms with Crippen molar-refractivity contribution in [3.05, 3.63) is 33.8 Å². The number of amides is 2. The summed E-state index contributed by atoms with van der Waals surface area (Å²) in [6.07, 6.45) is -2.50. The molecule has 2 saturated carbocycles. The maximum absolute atomic E-state index is 12.7. The zero-order valence-electron chi connectivity index (χ0n) is 19.1. The van der Waals surface area contributed by atoms with E-state index in [9.17, 15) is 34.5 Å². The molecule has 2 amide bonds. The first-order valence-electron chi connectivity index (χ1n) is 10.7. The Bertz CT molecular complexity index is 1040. The van der Waals surface area contributed by atoms with Gasteiger partial charge in [0.2, 0.25) is 5.91 Å². The Morgan fingerprint density at radius 1 is 1.11 bits per heavy atom. The fraction of sp³-hybridized carbons (Fsp3) is 0.545. The van der Waals surface area contributed by atoms with E-state index in [-0.39, 0.29) is 11.6 Å². The number of alkyl carbamates (subject to hydrolysis) is 1. The largest absolute Gasteiger partial charge is 0.481 e. The Morgan fingerprint density at radius 3 is 2.29 bits per heavy atom. The van der Waals surface area contributed by atoms with Crippen LogP contribution in [0.15, 0.2) is 18.2 Å². The van der Waals surface area contributed by atoms with Crippen LogP contribution in [0.4, 0.5) is 4.79 Å². The van der Waals surface area contributed by atoms with Gasteiger partial charge < -0.3 is 35.4 Å². The first kappa shape index (κ1) is 27.0. The van der Waals surface area contributed by atoms with Gasteiger partial charge in [0.05, 0.1) is 28.6 Å². The van der Waals surface area contributed by atoms with Crippen LogP contribution in [-0.2, 0) is 30.5 Å². The van der Waals surface area contributed by atoms with E-state index in [4.69, 9.17) is 32.7 Å². The van der Waals surface area contributed by atoms with E-state index in [1.54, 1.807) is 26.8 Å². The third-order valence-electron chi connectivity index (χ3n) is 6.02. The lowest BCUT2D eigenvalue weighted by atomic mass is 9.85. The van der Waals surface area contributed by atoms with Gasteiger partial charge in [-0.3, -0.25) is 9.59 Å². The minimum absolute atomic E-state index is 0.199. The van der Waals surface area contributed by atoms with Crippen molar-refractivity contribution in [2.75, 3.05) is 6.61 Å². The monoisotopic (exact) mass is 532 g/mol. The summed E-state index contributed by atoms with van der Waals surface area (Å²) in [5, 5.41) is 34.6. The van der Waals surface area contributed by atoms with Crippen LogP contribution in [0.25, 0.3) is 0 Å². The lowest BCUT2D eigenvalue weighted by Crippen LogP contribution is -2.67. The lowest BCUT2D eigenvalue weighted by Gasteiger charge is -2.38. The van der Waals surface area contributed by atoms with Crippen LogP contribution in [0.5, 0.6) is 0 Å². The molecule has 35 heavy (non-hydrogen) atoms. The Kier molecular flexibility index (Phi) is 7.56. The van der Waals surface area contributed by atoms with Crippen molar-refractivity contribution in [3.63, 3.8) is 0 Å². The van der Waals surface area contributed by atoms with Crippen molar-refractivity contribution in [3.8, 4) is 0 Å². The third-order valence-corrected chi connectivity index (χ3v) is 6.76. The number of carbonyl (C=O) groups is 4. The average Bonchev–Trinajstić information content (AvgIpc) is 3.43. The number of carboxylic acids is 2. The molecule has 0 heterocycles. The van der Waals surface area contributed by atoms with E-state index in [1.165, 1.54) is 12.1 Å². The van der Waals surface area contributed by atoms with Crippen molar-refractivity contribution in [2.24, 2.45) is 17.8 Å². The highest BCUT2D eigenvalue weighted by atomic mass is 35.5. The number of hydrogen-bond acceptors (Lipinski definition) is 7. The zero-order valence-corrected chi connectivity index (χ0v) is 20.6. The van der Waals surface area contributed by atoms with Crippen molar-refractivity contribution in [2.45, 2.75) is 50.7 Å². The van der Waals surface area contributed by atoms with Gasteiger partial charge in [0.1, 0.15) is 18.3 Å². The smallest absolute Gasteiger partial charge is 0.408 e. The molecule has 2 fully saturated rings. The van der Waals surface area contributed by atoms with Gasteiger partial charge >= 0.3 is 18.0 Å². The molecule has 1 aromatic rings. The van der Waals surface area contributed by atoms with Gasteiger partial charge in [-0.1, -0.05) is 29.3 Å². The molecule has 0 radical (unpaired) electrons. The maximum atomic E-state index is 12.7. The van der Waals surface area contributed by atoms with Crippen LogP contribution in [0.3, 0.4) is 0 Å². The zero-order chi connectivity index (χ0) is 26.3. The summed E-state index contributed by atoms with van der Waals surface area (Å²) in [4.78, 5) is 49.3. The van der Waals surface area contributed by atoms with Gasteiger partial charge in [-0.25, -0.2) is 9.59 Å². The number of aliphatic hydroxyl groups is 1. The summed E-state index contributed by atoms with van der Waals surface area (Å²) in [6, 6.07) is 3.47. The molecule has 3 rings (SSSR count). The second-order valence-electron chi connectivity index (χ2n) is 9.50. The maximum Gasteiger partial charge on any atom is 0.408 e. The number of carbonyl (C=O) groups excluding carboxylic acids is 2. The molecule has 5 N–H and O–H groups in total. The fourth-order valence-corrected chi connectivity index (χ4v) is 5.08. The highest BCUT2D eigenvalue weighted by Gasteiger charge is 2.80. The highest BCUT2D eigenvalue weighted by molar-refractivity contribution is 6.42. The van der Waals surface area contributed by atoms with Crippen molar-refractivity contribution < 1.29 is 44.0 Å². The van der Waals surface area contributed by atoms with E-state index >= 15 is 0 Å². The molecular formula is C22H26Cl2N2O9. The van der Waals surface area contributed by atoms with E-state index in [0.717, 1.165) is 0 Å². The Balaban J connectivity index is 2.02. The van der Waals surface area contributed by atoms with Crippen LogP contribution in [0.1, 0.15) is 26.3 Å². The third kappa shape index (κ3) is 5.32. The summed E-state index contributed by atoms with van der Waals surface area (Å²) in [6.45, 7) is 3.63. The lowest BCUT2D eigenvalue weighted by molar-refractivity contribution is -0.157. The van der Waals surface area contributed by atoms with Crippen molar-refractivity contribution in [1.82, 2.24) is 10.6 Å². The predicted octanol–water partition coefficient (Wildman–Crippen LogP) is 1.66. The van der Waals surface area contributed by atoms with Crippen molar-refractivity contribution >= 4 is 47.1 Å². The highest BCUT2D eigenvalue weighted by Crippen LogP contribution is 2.63. The summed E-state index contributed by atoms with van der Waals surface area (Å²) in [7, 11) is 0. The number of aliphatic carboxylic acids is 2. The van der Waals surface area contributed by atoms with Gasteiger partial charge in [-0.15, -0.1) is 0 Å². The molecule has 0 saturated heterocycles. The first-order valence-corrected chi connectivity index (χ1v) is 11.4. The topological polar surface area (TPSA) is 171 Å². The number of hydrogen-bond donors (Lipinski definition) is 5. The minimum atomic E-state index is -2.25. The van der Waals surface area contributed by atoms with Gasteiger partial charge in [0.25, 0.3) is 0 Å². The average molecular weight is 533 g/mol. The van der Waals surface area contributed by atoms with Crippen LogP contribution >= 0.6 is 23.2 Å². The summed E-state index contributed by atoms with van der Waals surface area (Å²) >= 11 is 12.0. The van der Waals surface area contributed by atoms with Crippen LogP contribution in [0, 0.1) is 17.8 Å². The molecule has 1 aromatic carbocycles. The summed E-state index contributed by atoms with van der Waals surface area (Å²) in [5.41, 5.74) is -2.71. The molecule has 0 aromatic heterocycles. The SMILES string of the molecule is CC(C)(C)OC(=O)N[C@]1(C(=O)O)[C@@H]2[C@@H](C(=O)O)[C@@H]2[C@H](NC(=O)CO)[C@H]1OCc1ccc(Cl)c(Cl)c1. The van der Waals surface area contributed by atoms with E-state index in [1.807, 2.05) is 0 Å². The second-order valence-corrected chi connectivity index (χ2v) is 10.3. The number of ether oxygens (including phenoxy) is 2. The number of rotatable bonds is 8. The van der Waals surface area contributed by atoms with Crippen LogP contribution in [-0.4, -0.2) is 69.2 Å². The molecule has 6 atom stereocenters. The van der Waals surface area contributed by atoms with E-state index in [0.29, 0.717) is 10.6 Å². The molecule has 2 aliphatic rings.